The SMILES string of the molecule is CCCCOc1c(CN)n(CC(C)C)c(=O)c2ccc(NC(=O)c3ccccc3)cc12. The lowest BCUT2D eigenvalue weighted by atomic mass is 10.1. The number of carbonyl (C=O) groups excluding carboxylic acids is 1. The largest absolute Gasteiger partial charge is 0.491 e. The predicted molar refractivity (Wildman–Crippen MR) is 126 cm³/mol. The summed E-state index contributed by atoms with van der Waals surface area (Å²) < 4.78 is 7.88. The van der Waals surface area contributed by atoms with Crippen LogP contribution >= 0.6 is 0 Å². The van der Waals surface area contributed by atoms with Gasteiger partial charge in [-0.05, 0) is 42.7 Å². The highest BCUT2D eigenvalue weighted by molar-refractivity contribution is 6.05. The molecule has 31 heavy (non-hydrogen) atoms. The quantitative estimate of drug-likeness (QED) is 0.496. The molecule has 0 atom stereocenters. The van der Waals surface area contributed by atoms with E-state index in [2.05, 4.69) is 26.1 Å². The second-order valence-electron chi connectivity index (χ2n) is 8.07. The number of nitrogens with two attached hydrogens (primary N) is 1. The van der Waals surface area contributed by atoms with Crippen LogP contribution in [0.4, 0.5) is 5.69 Å². The summed E-state index contributed by atoms with van der Waals surface area (Å²) in [4.78, 5) is 25.8. The second-order valence-corrected chi connectivity index (χ2v) is 8.07. The van der Waals surface area contributed by atoms with Gasteiger partial charge in [0.2, 0.25) is 0 Å². The van der Waals surface area contributed by atoms with Crippen molar-refractivity contribution in [2.45, 2.75) is 46.7 Å². The van der Waals surface area contributed by atoms with Gasteiger partial charge in [0.1, 0.15) is 5.75 Å². The molecule has 6 nitrogen and oxygen atoms in total. The Bertz CT molecular complexity index is 1100. The standard InChI is InChI=1S/C25H31N3O3/c1-4-5-13-31-23-21-14-19(27-24(29)18-9-7-6-8-10-18)11-12-20(21)25(30)28(16-17(2)3)22(23)15-26/h6-12,14,17H,4-5,13,15-16,26H2,1-3H3,(H,27,29). The first-order valence-electron chi connectivity index (χ1n) is 10.8. The highest BCUT2D eigenvalue weighted by atomic mass is 16.5. The number of nitrogens with one attached hydrogen (secondary N) is 1. The normalized spacial score (nSPS) is 11.1. The van der Waals surface area contributed by atoms with Gasteiger partial charge >= 0.3 is 0 Å². The fourth-order valence-electron chi connectivity index (χ4n) is 3.58. The number of amides is 1. The van der Waals surface area contributed by atoms with Crippen molar-refractivity contribution in [2.75, 3.05) is 11.9 Å². The van der Waals surface area contributed by atoms with Crippen LogP contribution in [0.3, 0.4) is 0 Å². The molecule has 3 aromatic rings. The summed E-state index contributed by atoms with van der Waals surface area (Å²) in [6.07, 6.45) is 1.90. The maximum Gasteiger partial charge on any atom is 0.258 e. The lowest BCUT2D eigenvalue weighted by Crippen LogP contribution is -2.28. The van der Waals surface area contributed by atoms with Crippen molar-refractivity contribution in [2.24, 2.45) is 11.7 Å². The van der Waals surface area contributed by atoms with Gasteiger partial charge in [0, 0.05) is 29.7 Å². The highest BCUT2D eigenvalue weighted by Crippen LogP contribution is 2.31. The van der Waals surface area contributed by atoms with E-state index in [1.807, 2.05) is 18.2 Å². The van der Waals surface area contributed by atoms with E-state index in [0.717, 1.165) is 12.8 Å². The van der Waals surface area contributed by atoms with Crippen molar-refractivity contribution >= 4 is 22.4 Å². The molecule has 2 aromatic carbocycles. The Morgan fingerprint density at radius 3 is 2.52 bits per heavy atom. The Balaban J connectivity index is 2.10. The molecular weight excluding hydrogens is 390 g/mol. The van der Waals surface area contributed by atoms with Crippen LogP contribution in [-0.4, -0.2) is 17.1 Å². The average molecular weight is 422 g/mol. The number of ether oxygens (including phenoxy) is 1. The summed E-state index contributed by atoms with van der Waals surface area (Å²) in [5, 5.41) is 4.15. The van der Waals surface area contributed by atoms with Crippen LogP contribution in [-0.2, 0) is 13.1 Å². The number of aromatic nitrogens is 1. The Kier molecular flexibility index (Phi) is 7.47. The van der Waals surface area contributed by atoms with E-state index in [-0.39, 0.29) is 23.9 Å². The third kappa shape index (κ3) is 5.14. The highest BCUT2D eigenvalue weighted by Gasteiger charge is 2.19. The van der Waals surface area contributed by atoms with E-state index < -0.39 is 0 Å². The summed E-state index contributed by atoms with van der Waals surface area (Å²) in [6.45, 7) is 7.53. The molecule has 0 aliphatic heterocycles. The topological polar surface area (TPSA) is 86.3 Å². The molecule has 0 spiro atoms. The van der Waals surface area contributed by atoms with E-state index in [9.17, 15) is 9.59 Å². The molecule has 1 heterocycles. The first kappa shape index (κ1) is 22.6. The van der Waals surface area contributed by atoms with Crippen LogP contribution in [0.25, 0.3) is 10.8 Å². The molecule has 3 rings (SSSR count). The molecule has 0 aliphatic carbocycles. The van der Waals surface area contributed by atoms with Gasteiger partial charge in [0.25, 0.3) is 11.5 Å². The Morgan fingerprint density at radius 2 is 1.87 bits per heavy atom. The van der Waals surface area contributed by atoms with Crippen LogP contribution in [0.5, 0.6) is 5.75 Å². The Morgan fingerprint density at radius 1 is 1.13 bits per heavy atom. The molecule has 0 bridgehead atoms. The smallest absolute Gasteiger partial charge is 0.258 e. The minimum atomic E-state index is -0.208. The molecule has 3 N–H and O–H groups in total. The summed E-state index contributed by atoms with van der Waals surface area (Å²) >= 11 is 0. The summed E-state index contributed by atoms with van der Waals surface area (Å²) in [7, 11) is 0. The molecule has 1 amide bonds. The number of unbranched alkanes of at least 4 members (excludes halogenated alkanes) is 1. The molecule has 0 saturated carbocycles. The van der Waals surface area contributed by atoms with Gasteiger partial charge in [0.05, 0.1) is 17.7 Å². The Labute approximate surface area is 183 Å². The number of anilines is 1. The first-order valence-corrected chi connectivity index (χ1v) is 10.8. The van der Waals surface area contributed by atoms with E-state index >= 15 is 0 Å². The van der Waals surface area contributed by atoms with Crippen molar-refractivity contribution in [1.82, 2.24) is 4.57 Å². The van der Waals surface area contributed by atoms with Crippen LogP contribution in [0.1, 0.15) is 49.7 Å². The fraction of sp³-hybridized carbons (Fsp3) is 0.360. The van der Waals surface area contributed by atoms with Gasteiger partial charge in [-0.2, -0.15) is 0 Å². The van der Waals surface area contributed by atoms with Gasteiger partial charge in [0.15, 0.2) is 0 Å². The molecule has 0 aliphatic rings. The van der Waals surface area contributed by atoms with Gasteiger partial charge in [-0.15, -0.1) is 0 Å². The van der Waals surface area contributed by atoms with E-state index in [1.54, 1.807) is 34.9 Å². The molecule has 0 saturated heterocycles. The molecule has 0 fully saturated rings. The van der Waals surface area contributed by atoms with Crippen molar-refractivity contribution in [3.05, 3.63) is 70.1 Å². The van der Waals surface area contributed by atoms with E-state index in [4.69, 9.17) is 10.5 Å². The van der Waals surface area contributed by atoms with Gasteiger partial charge < -0.3 is 20.4 Å². The van der Waals surface area contributed by atoms with Gasteiger partial charge in [-0.3, -0.25) is 9.59 Å². The molecule has 1 aromatic heterocycles. The first-order chi connectivity index (χ1) is 15.0. The average Bonchev–Trinajstić information content (AvgIpc) is 2.77. The number of hydrogen-bond donors (Lipinski definition) is 2. The zero-order chi connectivity index (χ0) is 22.4. The van der Waals surface area contributed by atoms with Crippen LogP contribution in [0.15, 0.2) is 53.3 Å². The lowest BCUT2D eigenvalue weighted by molar-refractivity contribution is 0.102. The maximum absolute atomic E-state index is 13.2. The predicted octanol–water partition coefficient (Wildman–Crippen LogP) is 4.55. The number of rotatable bonds is 9. The monoisotopic (exact) mass is 421 g/mol. The van der Waals surface area contributed by atoms with Crippen LogP contribution in [0.2, 0.25) is 0 Å². The third-order valence-corrected chi connectivity index (χ3v) is 5.11. The molecular formula is C25H31N3O3. The molecule has 0 radical (unpaired) electrons. The number of nitrogens with zero attached hydrogens (tertiary/aromatic N) is 1. The number of pyridine rings is 1. The minimum Gasteiger partial charge on any atom is -0.491 e. The van der Waals surface area contributed by atoms with Crippen LogP contribution in [0, 0.1) is 5.92 Å². The zero-order valence-electron chi connectivity index (χ0n) is 18.5. The van der Waals surface area contributed by atoms with Crippen LogP contribution < -0.4 is 21.3 Å². The number of carbonyl (C=O) groups is 1. The van der Waals surface area contributed by atoms with E-state index in [0.29, 0.717) is 46.6 Å². The lowest BCUT2D eigenvalue weighted by Gasteiger charge is -2.21. The molecule has 0 unspecified atom stereocenters. The van der Waals surface area contributed by atoms with Crippen molar-refractivity contribution in [1.29, 1.82) is 0 Å². The molecule has 164 valence electrons. The fourth-order valence-corrected chi connectivity index (χ4v) is 3.58. The van der Waals surface area contributed by atoms with Gasteiger partial charge in [-0.25, -0.2) is 0 Å². The zero-order valence-corrected chi connectivity index (χ0v) is 18.5. The maximum atomic E-state index is 13.2. The third-order valence-electron chi connectivity index (χ3n) is 5.11. The summed E-state index contributed by atoms with van der Waals surface area (Å²) in [6, 6.07) is 14.3. The van der Waals surface area contributed by atoms with Gasteiger partial charge in [-0.1, -0.05) is 45.4 Å². The van der Waals surface area contributed by atoms with Crippen molar-refractivity contribution in [3.8, 4) is 5.75 Å². The second kappa shape index (κ2) is 10.3. The Hall–Kier alpha value is -3.12. The molecule has 6 heteroatoms. The van der Waals surface area contributed by atoms with Crippen molar-refractivity contribution in [3.63, 3.8) is 0 Å². The number of hydrogen-bond acceptors (Lipinski definition) is 4. The number of fused-ring (bicyclic) bond motifs is 1. The minimum absolute atomic E-state index is 0.0899. The van der Waals surface area contributed by atoms with E-state index in [1.165, 1.54) is 0 Å². The number of benzene rings is 2. The summed E-state index contributed by atoms with van der Waals surface area (Å²) in [5.74, 6) is 0.705. The van der Waals surface area contributed by atoms with Crippen molar-refractivity contribution < 1.29 is 9.53 Å². The summed E-state index contributed by atoms with van der Waals surface area (Å²) in [5.41, 5.74) is 7.84.